The molecule has 4 heteroatoms. The van der Waals surface area contributed by atoms with Gasteiger partial charge in [0.25, 0.3) is 0 Å². The summed E-state index contributed by atoms with van der Waals surface area (Å²) in [5.41, 5.74) is 2.10. The lowest BCUT2D eigenvalue weighted by molar-refractivity contribution is -0.141. The summed E-state index contributed by atoms with van der Waals surface area (Å²) in [5.74, 6) is 0.906. The minimum absolute atomic E-state index is 0.307. The molecule has 0 saturated carbocycles. The average Bonchev–Trinajstić information content (AvgIpc) is 3.10. The number of fused-ring (bicyclic) bond motifs is 1. The molecule has 3 aromatic rings. The minimum atomic E-state index is -0.430. The van der Waals surface area contributed by atoms with Gasteiger partial charge in [0.05, 0.1) is 5.41 Å². The number of hydrogen-bond donors (Lipinski definition) is 0. The molecule has 2 fully saturated rings. The van der Waals surface area contributed by atoms with Gasteiger partial charge in [-0.25, -0.2) is 0 Å². The second kappa shape index (κ2) is 9.41. The van der Waals surface area contributed by atoms with Crippen LogP contribution in [0.3, 0.4) is 0 Å². The summed E-state index contributed by atoms with van der Waals surface area (Å²) in [6.45, 7) is 3.03. The van der Waals surface area contributed by atoms with Gasteiger partial charge in [0, 0.05) is 44.1 Å². The normalized spacial score (nSPS) is 21.2. The van der Waals surface area contributed by atoms with Gasteiger partial charge in [0.15, 0.2) is 0 Å². The SMILES string of the molecule is O=C(N1CCC[C@@H](Cc2cccc3ccncc23)CC1)C1(c2ccccc2)CCOCC1. The van der Waals surface area contributed by atoms with Crippen molar-refractivity contribution in [3.8, 4) is 0 Å². The van der Waals surface area contributed by atoms with Crippen molar-refractivity contribution in [2.45, 2.75) is 43.9 Å². The van der Waals surface area contributed by atoms with Crippen molar-refractivity contribution in [1.82, 2.24) is 9.88 Å². The molecule has 0 spiro atoms. The maximum atomic E-state index is 13.9. The number of nitrogens with zero attached hydrogens (tertiary/aromatic N) is 2. The number of benzene rings is 2. The monoisotopic (exact) mass is 428 g/mol. The van der Waals surface area contributed by atoms with E-state index in [1.807, 2.05) is 18.5 Å². The first-order valence-corrected chi connectivity index (χ1v) is 12.0. The molecule has 2 saturated heterocycles. The zero-order valence-electron chi connectivity index (χ0n) is 18.7. The second-order valence-corrected chi connectivity index (χ2v) is 9.37. The molecule has 166 valence electrons. The third-order valence-electron chi connectivity index (χ3n) is 7.50. The van der Waals surface area contributed by atoms with Crippen molar-refractivity contribution in [3.63, 3.8) is 0 Å². The van der Waals surface area contributed by atoms with E-state index in [0.717, 1.165) is 50.8 Å². The van der Waals surface area contributed by atoms with Gasteiger partial charge >= 0.3 is 0 Å². The number of carbonyl (C=O) groups is 1. The molecule has 1 atom stereocenters. The fraction of sp³-hybridized carbons (Fsp3) is 0.429. The molecular weight excluding hydrogens is 396 g/mol. The number of aromatic nitrogens is 1. The van der Waals surface area contributed by atoms with Crippen LogP contribution in [-0.2, 0) is 21.4 Å². The Balaban J connectivity index is 1.32. The van der Waals surface area contributed by atoms with E-state index in [0.29, 0.717) is 25.0 Å². The summed E-state index contributed by atoms with van der Waals surface area (Å²) in [7, 11) is 0. The minimum Gasteiger partial charge on any atom is -0.381 e. The third kappa shape index (κ3) is 4.16. The van der Waals surface area contributed by atoms with Crippen molar-refractivity contribution < 1.29 is 9.53 Å². The first-order chi connectivity index (χ1) is 15.8. The Morgan fingerprint density at radius 2 is 1.84 bits per heavy atom. The Kier molecular flexibility index (Phi) is 6.22. The first kappa shape index (κ1) is 21.1. The molecule has 2 aliphatic rings. The lowest BCUT2D eigenvalue weighted by Crippen LogP contribution is -2.50. The molecule has 5 rings (SSSR count). The number of ether oxygens (including phenoxy) is 1. The third-order valence-corrected chi connectivity index (χ3v) is 7.50. The predicted molar refractivity (Wildman–Crippen MR) is 128 cm³/mol. The van der Waals surface area contributed by atoms with Crippen LogP contribution in [0, 0.1) is 5.92 Å². The smallest absolute Gasteiger partial charge is 0.233 e. The van der Waals surface area contributed by atoms with Gasteiger partial charge in [-0.05, 0) is 67.0 Å². The molecule has 0 radical (unpaired) electrons. The topological polar surface area (TPSA) is 42.4 Å². The quantitative estimate of drug-likeness (QED) is 0.577. The van der Waals surface area contributed by atoms with Crippen molar-refractivity contribution in [2.75, 3.05) is 26.3 Å². The summed E-state index contributed by atoms with van der Waals surface area (Å²) in [4.78, 5) is 20.4. The van der Waals surface area contributed by atoms with Crippen molar-refractivity contribution >= 4 is 16.7 Å². The van der Waals surface area contributed by atoms with E-state index in [4.69, 9.17) is 4.74 Å². The molecule has 2 aromatic carbocycles. The standard InChI is InChI=1S/C28H32N2O2/c31-27(28(13-18-32-19-14-28)25-9-2-1-3-10-25)30-16-5-6-22(12-17-30)20-24-8-4-7-23-11-15-29-21-26(23)24/h1-4,7-11,15,21-22H,5-6,12-14,16-20H2/t22-/m1/s1. The summed E-state index contributed by atoms with van der Waals surface area (Å²) < 4.78 is 5.65. The fourth-order valence-electron chi connectivity index (χ4n) is 5.64. The Morgan fingerprint density at radius 1 is 1.00 bits per heavy atom. The zero-order chi connectivity index (χ0) is 21.8. The van der Waals surface area contributed by atoms with Gasteiger partial charge in [-0.15, -0.1) is 0 Å². The van der Waals surface area contributed by atoms with Crippen LogP contribution in [0.1, 0.15) is 43.2 Å². The van der Waals surface area contributed by atoms with Crippen molar-refractivity contribution in [3.05, 3.63) is 78.1 Å². The number of hydrogen-bond acceptors (Lipinski definition) is 3. The van der Waals surface area contributed by atoms with Crippen molar-refractivity contribution in [1.29, 1.82) is 0 Å². The lowest BCUT2D eigenvalue weighted by atomic mass is 9.73. The first-order valence-electron chi connectivity index (χ1n) is 12.0. The van der Waals surface area contributed by atoms with Gasteiger partial charge in [-0.3, -0.25) is 9.78 Å². The molecule has 0 bridgehead atoms. The highest BCUT2D eigenvalue weighted by atomic mass is 16.5. The molecule has 2 aliphatic heterocycles. The van der Waals surface area contributed by atoms with Crippen LogP contribution in [0.25, 0.3) is 10.8 Å². The lowest BCUT2D eigenvalue weighted by Gasteiger charge is -2.40. The molecule has 4 nitrogen and oxygen atoms in total. The number of likely N-dealkylation sites (tertiary alicyclic amines) is 1. The maximum absolute atomic E-state index is 13.9. The molecule has 0 unspecified atom stereocenters. The highest BCUT2D eigenvalue weighted by Gasteiger charge is 2.44. The average molecular weight is 429 g/mol. The summed E-state index contributed by atoms with van der Waals surface area (Å²) >= 11 is 0. The number of amides is 1. The van der Waals surface area contributed by atoms with E-state index >= 15 is 0 Å². The second-order valence-electron chi connectivity index (χ2n) is 9.37. The Bertz CT molecular complexity index is 1050. The van der Waals surface area contributed by atoms with Gasteiger partial charge < -0.3 is 9.64 Å². The van der Waals surface area contributed by atoms with Crippen LogP contribution < -0.4 is 0 Å². The fourth-order valence-corrected chi connectivity index (χ4v) is 5.64. The molecular formula is C28H32N2O2. The zero-order valence-corrected chi connectivity index (χ0v) is 18.7. The van der Waals surface area contributed by atoms with Gasteiger partial charge in [0.1, 0.15) is 0 Å². The summed E-state index contributed by atoms with van der Waals surface area (Å²) in [5, 5.41) is 2.52. The van der Waals surface area contributed by atoms with E-state index in [1.54, 1.807) is 0 Å². The number of carbonyl (C=O) groups excluding carboxylic acids is 1. The van der Waals surface area contributed by atoms with Crippen LogP contribution in [0.15, 0.2) is 67.0 Å². The maximum Gasteiger partial charge on any atom is 0.233 e. The van der Waals surface area contributed by atoms with Crippen LogP contribution in [-0.4, -0.2) is 42.1 Å². The van der Waals surface area contributed by atoms with E-state index in [2.05, 4.69) is 58.4 Å². The van der Waals surface area contributed by atoms with E-state index < -0.39 is 5.41 Å². The van der Waals surface area contributed by atoms with E-state index in [9.17, 15) is 4.79 Å². The van der Waals surface area contributed by atoms with Gasteiger partial charge in [-0.2, -0.15) is 0 Å². The highest BCUT2D eigenvalue weighted by Crippen LogP contribution is 2.38. The molecule has 1 amide bonds. The van der Waals surface area contributed by atoms with Crippen LogP contribution in [0.4, 0.5) is 0 Å². The summed E-state index contributed by atoms with van der Waals surface area (Å²) in [6.07, 6.45) is 9.76. The number of pyridine rings is 1. The molecule has 0 aliphatic carbocycles. The molecule has 1 aromatic heterocycles. The van der Waals surface area contributed by atoms with Crippen LogP contribution in [0.5, 0.6) is 0 Å². The Morgan fingerprint density at radius 3 is 2.69 bits per heavy atom. The number of rotatable bonds is 4. The van der Waals surface area contributed by atoms with Crippen molar-refractivity contribution in [2.24, 2.45) is 5.92 Å². The van der Waals surface area contributed by atoms with Gasteiger partial charge in [0.2, 0.25) is 5.91 Å². The molecule has 32 heavy (non-hydrogen) atoms. The predicted octanol–water partition coefficient (Wildman–Crippen LogP) is 5.15. The largest absolute Gasteiger partial charge is 0.381 e. The molecule has 3 heterocycles. The molecule has 0 N–H and O–H groups in total. The van der Waals surface area contributed by atoms with Gasteiger partial charge in [-0.1, -0.05) is 48.5 Å². The van der Waals surface area contributed by atoms with E-state index in [1.165, 1.54) is 22.8 Å². The van der Waals surface area contributed by atoms with Crippen LogP contribution in [0.2, 0.25) is 0 Å². The highest BCUT2D eigenvalue weighted by molar-refractivity contribution is 5.88. The van der Waals surface area contributed by atoms with E-state index in [-0.39, 0.29) is 0 Å². The van der Waals surface area contributed by atoms with Crippen LogP contribution >= 0.6 is 0 Å². The Hall–Kier alpha value is -2.72. The summed E-state index contributed by atoms with van der Waals surface area (Å²) in [6, 6.07) is 19.0. The Labute approximate surface area is 190 Å².